The lowest BCUT2D eigenvalue weighted by atomic mass is 9.94. The van der Waals surface area contributed by atoms with Crippen molar-refractivity contribution in [1.82, 2.24) is 14.9 Å². The lowest BCUT2D eigenvalue weighted by molar-refractivity contribution is -0.130. The second-order valence-electron chi connectivity index (χ2n) is 5.80. The van der Waals surface area contributed by atoms with Gasteiger partial charge in [-0.05, 0) is 25.0 Å². The van der Waals surface area contributed by atoms with Crippen LogP contribution in [0.15, 0.2) is 36.7 Å². The summed E-state index contributed by atoms with van der Waals surface area (Å²) in [5, 5.41) is 0. The predicted octanol–water partition coefficient (Wildman–Crippen LogP) is 3.00. The van der Waals surface area contributed by atoms with Crippen molar-refractivity contribution >= 4 is 5.91 Å². The number of ether oxygens (including phenoxy) is 2. The molecule has 3 rings (SSSR count). The van der Waals surface area contributed by atoms with Crippen molar-refractivity contribution < 1.29 is 14.3 Å². The highest BCUT2D eigenvalue weighted by Gasteiger charge is 2.27. The van der Waals surface area contributed by atoms with E-state index in [1.54, 1.807) is 26.4 Å². The highest BCUT2D eigenvalue weighted by molar-refractivity contribution is 5.73. The molecule has 1 unspecified atom stereocenters. The van der Waals surface area contributed by atoms with E-state index >= 15 is 0 Å². The first-order valence-electron chi connectivity index (χ1n) is 8.06. The average molecular weight is 327 g/mol. The number of benzene rings is 1. The van der Waals surface area contributed by atoms with Crippen LogP contribution in [0.3, 0.4) is 0 Å². The van der Waals surface area contributed by atoms with Crippen LogP contribution < -0.4 is 9.47 Å². The number of hydrogen-bond acceptors (Lipinski definition) is 5. The van der Waals surface area contributed by atoms with Crippen molar-refractivity contribution in [3.05, 3.63) is 42.4 Å². The fourth-order valence-electron chi connectivity index (χ4n) is 2.99. The molecule has 1 amide bonds. The molecular weight excluding hydrogens is 306 g/mol. The molecule has 1 atom stereocenters. The summed E-state index contributed by atoms with van der Waals surface area (Å²) in [6.07, 6.45) is 5.19. The Balaban J connectivity index is 1.87. The number of para-hydroxylation sites is 2. The van der Waals surface area contributed by atoms with Gasteiger partial charge in [-0.3, -0.25) is 9.78 Å². The van der Waals surface area contributed by atoms with Crippen LogP contribution in [0.1, 0.15) is 31.4 Å². The minimum Gasteiger partial charge on any atom is -0.493 e. The Hall–Kier alpha value is -2.63. The summed E-state index contributed by atoms with van der Waals surface area (Å²) in [6, 6.07) is 7.44. The normalized spacial score (nSPS) is 17.4. The fourth-order valence-corrected chi connectivity index (χ4v) is 2.99. The van der Waals surface area contributed by atoms with E-state index in [0.717, 1.165) is 25.1 Å². The monoisotopic (exact) mass is 327 g/mol. The second kappa shape index (κ2) is 7.29. The number of carbonyl (C=O) groups is 1. The zero-order valence-electron chi connectivity index (χ0n) is 13.9. The van der Waals surface area contributed by atoms with E-state index in [1.807, 2.05) is 29.2 Å². The van der Waals surface area contributed by atoms with Gasteiger partial charge in [-0.2, -0.15) is 0 Å². The number of rotatable bonds is 4. The summed E-state index contributed by atoms with van der Waals surface area (Å²) in [4.78, 5) is 22.4. The van der Waals surface area contributed by atoms with E-state index in [2.05, 4.69) is 9.97 Å². The van der Waals surface area contributed by atoms with Crippen LogP contribution in [-0.4, -0.2) is 41.0 Å². The average Bonchev–Trinajstić information content (AvgIpc) is 2.63. The Bertz CT molecular complexity index is 720. The first-order chi connectivity index (χ1) is 11.7. The number of aromatic nitrogens is 2. The van der Waals surface area contributed by atoms with E-state index in [4.69, 9.17) is 9.47 Å². The molecule has 1 aromatic carbocycles. The largest absolute Gasteiger partial charge is 0.493 e. The Morgan fingerprint density at radius 1 is 1.21 bits per heavy atom. The topological polar surface area (TPSA) is 64.6 Å². The van der Waals surface area contributed by atoms with Crippen molar-refractivity contribution in [3.8, 4) is 17.4 Å². The van der Waals surface area contributed by atoms with Gasteiger partial charge >= 0.3 is 0 Å². The Kier molecular flexibility index (Phi) is 4.93. The molecule has 0 spiro atoms. The maximum Gasteiger partial charge on any atom is 0.241 e. The van der Waals surface area contributed by atoms with E-state index < -0.39 is 0 Å². The van der Waals surface area contributed by atoms with Crippen LogP contribution in [0.2, 0.25) is 0 Å². The van der Waals surface area contributed by atoms with Crippen LogP contribution >= 0.6 is 0 Å². The van der Waals surface area contributed by atoms with Crippen LogP contribution in [-0.2, 0) is 4.79 Å². The van der Waals surface area contributed by atoms with Crippen LogP contribution in [0.4, 0.5) is 0 Å². The lowest BCUT2D eigenvalue weighted by Gasteiger charge is -2.32. The summed E-state index contributed by atoms with van der Waals surface area (Å²) in [5.74, 6) is 1.93. The molecule has 2 aromatic rings. The molecule has 0 radical (unpaired) electrons. The van der Waals surface area contributed by atoms with E-state index in [-0.39, 0.29) is 11.8 Å². The van der Waals surface area contributed by atoms with Gasteiger partial charge in [-0.25, -0.2) is 4.98 Å². The molecule has 1 aliphatic rings. The Labute approximate surface area is 141 Å². The molecule has 126 valence electrons. The predicted molar refractivity (Wildman–Crippen MR) is 89.3 cm³/mol. The van der Waals surface area contributed by atoms with Gasteiger partial charge in [0.15, 0.2) is 11.5 Å². The summed E-state index contributed by atoms with van der Waals surface area (Å²) < 4.78 is 11.3. The van der Waals surface area contributed by atoms with E-state index in [1.165, 1.54) is 0 Å². The quantitative estimate of drug-likeness (QED) is 0.864. The van der Waals surface area contributed by atoms with E-state index in [9.17, 15) is 4.79 Å². The van der Waals surface area contributed by atoms with Gasteiger partial charge in [-0.1, -0.05) is 12.1 Å². The molecule has 1 aliphatic heterocycles. The smallest absolute Gasteiger partial charge is 0.241 e. The minimum absolute atomic E-state index is 0.0933. The maximum absolute atomic E-state index is 11.7. The number of piperidine rings is 1. The lowest BCUT2D eigenvalue weighted by Crippen LogP contribution is -2.38. The summed E-state index contributed by atoms with van der Waals surface area (Å²) >= 11 is 0. The number of likely N-dealkylation sites (tertiary alicyclic amines) is 1. The number of amides is 1. The first kappa shape index (κ1) is 16.2. The third-order valence-electron chi connectivity index (χ3n) is 4.22. The molecule has 0 bridgehead atoms. The Morgan fingerprint density at radius 2 is 1.96 bits per heavy atom. The first-order valence-corrected chi connectivity index (χ1v) is 8.06. The summed E-state index contributed by atoms with van der Waals surface area (Å²) in [5.41, 5.74) is 0.786. The fraction of sp³-hybridized carbons (Fsp3) is 0.389. The van der Waals surface area contributed by atoms with Crippen molar-refractivity contribution in [3.63, 3.8) is 0 Å². The molecule has 2 heterocycles. The number of carbonyl (C=O) groups excluding carboxylic acids is 1. The third-order valence-corrected chi connectivity index (χ3v) is 4.22. The maximum atomic E-state index is 11.7. The molecule has 1 saturated heterocycles. The van der Waals surface area contributed by atoms with Crippen molar-refractivity contribution in [2.24, 2.45) is 0 Å². The van der Waals surface area contributed by atoms with Gasteiger partial charge in [-0.15, -0.1) is 0 Å². The summed E-state index contributed by atoms with van der Waals surface area (Å²) in [6.45, 7) is 3.05. The molecule has 6 nitrogen and oxygen atoms in total. The van der Waals surface area contributed by atoms with Crippen molar-refractivity contribution in [1.29, 1.82) is 0 Å². The minimum atomic E-state index is 0.0933. The van der Waals surface area contributed by atoms with Crippen molar-refractivity contribution in [2.45, 2.75) is 25.7 Å². The van der Waals surface area contributed by atoms with E-state index in [0.29, 0.717) is 23.9 Å². The molecule has 1 fully saturated rings. The molecule has 1 aromatic heterocycles. The van der Waals surface area contributed by atoms with Gasteiger partial charge in [0.1, 0.15) is 5.69 Å². The highest BCUT2D eigenvalue weighted by atomic mass is 16.5. The van der Waals surface area contributed by atoms with Gasteiger partial charge in [0.2, 0.25) is 11.8 Å². The second-order valence-corrected chi connectivity index (χ2v) is 5.80. The third kappa shape index (κ3) is 3.48. The molecule has 0 N–H and O–H groups in total. The van der Waals surface area contributed by atoms with Crippen LogP contribution in [0.25, 0.3) is 0 Å². The standard InChI is InChI=1S/C18H21N3O3/c1-13(22)21-11-5-6-14(12-21)17-18(20-10-9-19-17)24-16-8-4-3-7-15(16)23-2/h3-4,7-10,14H,5-6,11-12H2,1-2H3. The van der Waals surface area contributed by atoms with Gasteiger partial charge < -0.3 is 14.4 Å². The zero-order valence-corrected chi connectivity index (χ0v) is 13.9. The van der Waals surface area contributed by atoms with Crippen molar-refractivity contribution in [2.75, 3.05) is 20.2 Å². The molecule has 24 heavy (non-hydrogen) atoms. The van der Waals surface area contributed by atoms with Gasteiger partial charge in [0.05, 0.1) is 7.11 Å². The van der Waals surface area contributed by atoms with Crippen LogP contribution in [0.5, 0.6) is 17.4 Å². The van der Waals surface area contributed by atoms with Gasteiger partial charge in [0, 0.05) is 38.3 Å². The SMILES string of the molecule is COc1ccccc1Oc1nccnc1C1CCCN(C(C)=O)C1. The zero-order chi connectivity index (χ0) is 16.9. The Morgan fingerprint density at radius 3 is 2.71 bits per heavy atom. The number of nitrogens with zero attached hydrogens (tertiary/aromatic N) is 3. The molecule has 0 aliphatic carbocycles. The molecular formula is C18H21N3O3. The number of methoxy groups -OCH3 is 1. The molecule has 6 heteroatoms. The number of hydrogen-bond donors (Lipinski definition) is 0. The van der Waals surface area contributed by atoms with Gasteiger partial charge in [0.25, 0.3) is 0 Å². The summed E-state index contributed by atoms with van der Waals surface area (Å²) in [7, 11) is 1.60. The highest BCUT2D eigenvalue weighted by Crippen LogP contribution is 2.35. The van der Waals surface area contributed by atoms with Crippen LogP contribution in [0, 0.1) is 0 Å². The molecule has 0 saturated carbocycles.